The Morgan fingerprint density at radius 3 is 2.42 bits per heavy atom. The van der Waals surface area contributed by atoms with Gasteiger partial charge in [0.25, 0.3) is 10.0 Å². The van der Waals surface area contributed by atoms with Crippen LogP contribution < -0.4 is 5.14 Å². The van der Waals surface area contributed by atoms with Crippen LogP contribution in [0.5, 0.6) is 0 Å². The molecule has 0 atom stereocenters. The average molecular weight is 187 g/mol. The van der Waals surface area contributed by atoms with Crippen molar-refractivity contribution in [2.75, 3.05) is 0 Å². The molecule has 0 amide bonds. The van der Waals surface area contributed by atoms with Crippen molar-refractivity contribution in [1.29, 1.82) is 0 Å². The summed E-state index contributed by atoms with van der Waals surface area (Å²) in [5.74, 6) is 0. The molecule has 0 spiro atoms. The molecular formula is C6H9N3O2S. The van der Waals surface area contributed by atoms with Gasteiger partial charge < -0.3 is 0 Å². The fourth-order valence-corrected chi connectivity index (χ4v) is 1.57. The Hall–Kier alpha value is -1.01. The first kappa shape index (κ1) is 9.08. The zero-order chi connectivity index (χ0) is 9.19. The molecule has 0 saturated carbocycles. The molecule has 1 aromatic rings. The molecule has 5 nitrogen and oxygen atoms in total. The smallest absolute Gasteiger partial charge is 0.257 e. The Morgan fingerprint density at radius 2 is 2.00 bits per heavy atom. The number of hydrogen-bond acceptors (Lipinski definition) is 4. The summed E-state index contributed by atoms with van der Waals surface area (Å²) in [6.45, 7) is 1.79. The second kappa shape index (κ2) is 3.16. The number of sulfonamides is 1. The van der Waals surface area contributed by atoms with Crippen LogP contribution in [-0.4, -0.2) is 18.4 Å². The van der Waals surface area contributed by atoms with Crippen molar-refractivity contribution < 1.29 is 8.42 Å². The van der Waals surface area contributed by atoms with Gasteiger partial charge >= 0.3 is 0 Å². The number of hydrogen-bond donors (Lipinski definition) is 1. The van der Waals surface area contributed by atoms with Crippen LogP contribution in [-0.2, 0) is 16.4 Å². The molecule has 0 aliphatic carbocycles. The molecule has 0 radical (unpaired) electrons. The molecule has 0 saturated heterocycles. The zero-order valence-corrected chi connectivity index (χ0v) is 7.37. The van der Waals surface area contributed by atoms with E-state index in [-0.39, 0.29) is 5.03 Å². The van der Waals surface area contributed by atoms with Crippen molar-refractivity contribution in [3.8, 4) is 0 Å². The minimum atomic E-state index is -3.72. The highest BCUT2D eigenvalue weighted by atomic mass is 32.2. The summed E-state index contributed by atoms with van der Waals surface area (Å²) in [5.41, 5.74) is 0.403. The van der Waals surface area contributed by atoms with E-state index in [1.165, 1.54) is 12.4 Å². The molecule has 0 aromatic carbocycles. The predicted molar refractivity (Wildman–Crippen MR) is 42.8 cm³/mol. The molecule has 1 rings (SSSR count). The van der Waals surface area contributed by atoms with Crippen molar-refractivity contribution in [3.05, 3.63) is 18.1 Å². The van der Waals surface area contributed by atoms with E-state index in [2.05, 4.69) is 9.97 Å². The Labute approximate surface area is 70.7 Å². The van der Waals surface area contributed by atoms with E-state index in [0.717, 1.165) is 0 Å². The lowest BCUT2D eigenvalue weighted by molar-refractivity contribution is 0.591. The molecular weight excluding hydrogens is 178 g/mol. The van der Waals surface area contributed by atoms with Gasteiger partial charge in [-0.1, -0.05) is 6.92 Å². The zero-order valence-electron chi connectivity index (χ0n) is 6.56. The third-order valence-electron chi connectivity index (χ3n) is 1.34. The topological polar surface area (TPSA) is 85.9 Å². The lowest BCUT2D eigenvalue weighted by Gasteiger charge is -2.00. The van der Waals surface area contributed by atoms with E-state index in [4.69, 9.17) is 5.14 Å². The van der Waals surface area contributed by atoms with Gasteiger partial charge in [0.05, 0.1) is 5.69 Å². The largest absolute Gasteiger partial charge is 0.257 e. The first-order valence-corrected chi connectivity index (χ1v) is 4.93. The Kier molecular flexibility index (Phi) is 2.39. The normalized spacial score (nSPS) is 11.5. The maximum absolute atomic E-state index is 10.9. The van der Waals surface area contributed by atoms with Crippen molar-refractivity contribution in [1.82, 2.24) is 9.97 Å². The summed E-state index contributed by atoms with van der Waals surface area (Å²) >= 11 is 0. The SMILES string of the molecule is CCc1nccnc1S(N)(=O)=O. The molecule has 1 aromatic heterocycles. The second-order valence-electron chi connectivity index (χ2n) is 2.21. The van der Waals surface area contributed by atoms with E-state index in [0.29, 0.717) is 12.1 Å². The highest BCUT2D eigenvalue weighted by molar-refractivity contribution is 7.89. The fraction of sp³-hybridized carbons (Fsp3) is 0.333. The van der Waals surface area contributed by atoms with Gasteiger partial charge in [-0.15, -0.1) is 0 Å². The summed E-state index contributed by atoms with van der Waals surface area (Å²) in [6.07, 6.45) is 3.24. The highest BCUT2D eigenvalue weighted by Gasteiger charge is 2.14. The first-order chi connectivity index (χ1) is 5.55. The van der Waals surface area contributed by atoms with Crippen LogP contribution in [0, 0.1) is 0 Å². The molecule has 1 heterocycles. The van der Waals surface area contributed by atoms with E-state index >= 15 is 0 Å². The highest BCUT2D eigenvalue weighted by Crippen LogP contribution is 2.06. The molecule has 0 unspecified atom stereocenters. The molecule has 0 aliphatic heterocycles. The van der Waals surface area contributed by atoms with Crippen LogP contribution in [0.2, 0.25) is 0 Å². The molecule has 2 N–H and O–H groups in total. The number of nitrogens with two attached hydrogens (primary N) is 1. The summed E-state index contributed by atoms with van der Waals surface area (Å²) in [5, 5.41) is 4.77. The van der Waals surface area contributed by atoms with E-state index in [1.807, 2.05) is 0 Å². The molecule has 6 heteroatoms. The van der Waals surface area contributed by atoms with Crippen LogP contribution in [0.25, 0.3) is 0 Å². The number of aromatic nitrogens is 2. The van der Waals surface area contributed by atoms with Gasteiger partial charge in [-0.25, -0.2) is 18.5 Å². The van der Waals surface area contributed by atoms with Crippen LogP contribution in [0.1, 0.15) is 12.6 Å². The van der Waals surface area contributed by atoms with Gasteiger partial charge in [0.15, 0.2) is 5.03 Å². The number of aryl methyl sites for hydroxylation is 1. The van der Waals surface area contributed by atoms with Crippen LogP contribution in [0.3, 0.4) is 0 Å². The summed E-state index contributed by atoms with van der Waals surface area (Å²) < 4.78 is 21.8. The standard InChI is InChI=1S/C6H9N3O2S/c1-2-5-6(12(7,10)11)9-4-3-8-5/h3-4H,2H2,1H3,(H2,7,10,11). The number of rotatable bonds is 2. The lowest BCUT2D eigenvalue weighted by atomic mass is 10.4. The van der Waals surface area contributed by atoms with Gasteiger partial charge in [-0.2, -0.15) is 0 Å². The van der Waals surface area contributed by atoms with Gasteiger partial charge in [0, 0.05) is 12.4 Å². The summed E-state index contributed by atoms with van der Waals surface area (Å²) in [4.78, 5) is 7.49. The van der Waals surface area contributed by atoms with Crippen molar-refractivity contribution >= 4 is 10.0 Å². The molecule has 0 bridgehead atoms. The van der Waals surface area contributed by atoms with E-state index in [9.17, 15) is 8.42 Å². The number of nitrogens with zero attached hydrogens (tertiary/aromatic N) is 2. The van der Waals surface area contributed by atoms with Crippen LogP contribution in [0.4, 0.5) is 0 Å². The van der Waals surface area contributed by atoms with Gasteiger partial charge in [0.1, 0.15) is 0 Å². The maximum Gasteiger partial charge on any atom is 0.257 e. The summed E-state index contributed by atoms with van der Waals surface area (Å²) in [6, 6.07) is 0. The first-order valence-electron chi connectivity index (χ1n) is 3.38. The monoisotopic (exact) mass is 187 g/mol. The second-order valence-corrected chi connectivity index (χ2v) is 3.68. The number of primary sulfonamides is 1. The van der Waals surface area contributed by atoms with E-state index in [1.54, 1.807) is 6.92 Å². The van der Waals surface area contributed by atoms with E-state index < -0.39 is 10.0 Å². The predicted octanol–water partition coefficient (Wildman–Crippen LogP) is -0.314. The maximum atomic E-state index is 10.9. The Morgan fingerprint density at radius 1 is 1.42 bits per heavy atom. The molecule has 12 heavy (non-hydrogen) atoms. The van der Waals surface area contributed by atoms with Crippen LogP contribution in [0.15, 0.2) is 17.4 Å². The molecule has 0 aliphatic rings. The summed E-state index contributed by atoms with van der Waals surface area (Å²) in [7, 11) is -3.72. The fourth-order valence-electron chi connectivity index (χ4n) is 0.834. The van der Waals surface area contributed by atoms with Crippen molar-refractivity contribution in [3.63, 3.8) is 0 Å². The Balaban J connectivity index is 3.33. The van der Waals surface area contributed by atoms with Gasteiger partial charge in [0.2, 0.25) is 0 Å². The molecule has 0 fully saturated rings. The minimum absolute atomic E-state index is 0.132. The molecule has 66 valence electrons. The third-order valence-corrected chi connectivity index (χ3v) is 2.22. The Bertz CT molecular complexity index is 374. The third kappa shape index (κ3) is 1.77. The van der Waals surface area contributed by atoms with Gasteiger partial charge in [-0.05, 0) is 6.42 Å². The van der Waals surface area contributed by atoms with Crippen LogP contribution >= 0.6 is 0 Å². The van der Waals surface area contributed by atoms with Crippen molar-refractivity contribution in [2.24, 2.45) is 5.14 Å². The average Bonchev–Trinajstić information content (AvgIpc) is 2.03. The minimum Gasteiger partial charge on any atom is -0.257 e. The van der Waals surface area contributed by atoms with Gasteiger partial charge in [-0.3, -0.25) is 4.98 Å². The van der Waals surface area contributed by atoms with Crippen molar-refractivity contribution in [2.45, 2.75) is 18.4 Å². The lowest BCUT2D eigenvalue weighted by Crippen LogP contribution is -2.16. The quantitative estimate of drug-likeness (QED) is 0.687.